The Bertz CT molecular complexity index is 278. The molecule has 0 spiro atoms. The van der Waals surface area contributed by atoms with Crippen LogP contribution >= 0.6 is 0 Å². The van der Waals surface area contributed by atoms with Gasteiger partial charge < -0.3 is 10.4 Å². The van der Waals surface area contributed by atoms with Gasteiger partial charge in [-0.1, -0.05) is 20.8 Å². The summed E-state index contributed by atoms with van der Waals surface area (Å²) in [5, 5.41) is 13.7. The molecule has 0 aromatic heterocycles. The second-order valence-electron chi connectivity index (χ2n) is 7.42. The lowest BCUT2D eigenvalue weighted by Crippen LogP contribution is -2.50. The summed E-state index contributed by atoms with van der Waals surface area (Å²) in [5.41, 5.74) is 0. The fourth-order valence-electron chi connectivity index (χ4n) is 3.42. The molecule has 118 valence electrons. The molecule has 0 bridgehead atoms. The molecule has 0 amide bonds. The molecule has 2 aliphatic rings. The first-order valence-electron chi connectivity index (χ1n) is 8.74. The average Bonchev–Trinajstić information content (AvgIpc) is 3.22. The Morgan fingerprint density at radius 1 is 1.25 bits per heavy atom. The molecule has 3 heteroatoms. The van der Waals surface area contributed by atoms with Gasteiger partial charge in [0.2, 0.25) is 0 Å². The third kappa shape index (κ3) is 5.34. The molecule has 1 heterocycles. The first-order chi connectivity index (χ1) is 9.58. The van der Waals surface area contributed by atoms with Gasteiger partial charge in [0.15, 0.2) is 0 Å². The van der Waals surface area contributed by atoms with Crippen LogP contribution in [0.3, 0.4) is 0 Å². The number of nitrogens with zero attached hydrogens (tertiary/aromatic N) is 1. The molecule has 1 aliphatic heterocycles. The number of piperidine rings is 1. The van der Waals surface area contributed by atoms with Gasteiger partial charge in [0.25, 0.3) is 0 Å². The Hall–Kier alpha value is -0.120. The van der Waals surface area contributed by atoms with Gasteiger partial charge in [-0.25, -0.2) is 0 Å². The van der Waals surface area contributed by atoms with Crippen LogP contribution in [0.5, 0.6) is 0 Å². The molecule has 1 saturated carbocycles. The fourth-order valence-corrected chi connectivity index (χ4v) is 3.42. The van der Waals surface area contributed by atoms with Crippen molar-refractivity contribution in [3.8, 4) is 0 Å². The van der Waals surface area contributed by atoms with E-state index < -0.39 is 0 Å². The van der Waals surface area contributed by atoms with Crippen LogP contribution in [0.4, 0.5) is 0 Å². The molecule has 0 aromatic carbocycles. The van der Waals surface area contributed by atoms with E-state index in [9.17, 15) is 5.11 Å². The summed E-state index contributed by atoms with van der Waals surface area (Å²) < 4.78 is 0. The minimum absolute atomic E-state index is 0.101. The maximum atomic E-state index is 9.95. The van der Waals surface area contributed by atoms with Gasteiger partial charge in [0.05, 0.1) is 6.10 Å². The maximum Gasteiger partial charge on any atom is 0.0540 e. The van der Waals surface area contributed by atoms with Crippen molar-refractivity contribution in [2.75, 3.05) is 19.6 Å². The van der Waals surface area contributed by atoms with Gasteiger partial charge in [-0.05, 0) is 56.9 Å². The number of aliphatic hydroxyl groups is 1. The van der Waals surface area contributed by atoms with E-state index in [2.05, 4.69) is 31.0 Å². The Morgan fingerprint density at radius 2 is 2.00 bits per heavy atom. The van der Waals surface area contributed by atoms with Crippen molar-refractivity contribution in [3.05, 3.63) is 0 Å². The van der Waals surface area contributed by atoms with E-state index in [1.54, 1.807) is 0 Å². The van der Waals surface area contributed by atoms with Crippen molar-refractivity contribution in [1.29, 1.82) is 0 Å². The van der Waals surface area contributed by atoms with E-state index in [1.165, 1.54) is 38.8 Å². The van der Waals surface area contributed by atoms with Crippen LogP contribution in [-0.4, -0.2) is 47.8 Å². The summed E-state index contributed by atoms with van der Waals surface area (Å²) in [6.45, 7) is 10.2. The molecule has 2 fully saturated rings. The van der Waals surface area contributed by atoms with E-state index in [0.717, 1.165) is 31.3 Å². The number of hydrogen-bond acceptors (Lipinski definition) is 3. The molecule has 0 radical (unpaired) electrons. The van der Waals surface area contributed by atoms with E-state index >= 15 is 0 Å². The standard InChI is InChI=1S/C17H34N2O/c1-4-17(20)10-14-9-15(18-8-7-13(2)3)12-19(11-14)16-5-6-16/h13-18,20H,4-12H2,1-3H3. The third-order valence-corrected chi connectivity index (χ3v) is 4.86. The quantitative estimate of drug-likeness (QED) is 0.718. The first-order valence-corrected chi connectivity index (χ1v) is 8.74. The van der Waals surface area contributed by atoms with Crippen molar-refractivity contribution in [1.82, 2.24) is 10.2 Å². The molecule has 3 nitrogen and oxygen atoms in total. The molecule has 3 unspecified atom stereocenters. The van der Waals surface area contributed by atoms with E-state index in [0.29, 0.717) is 12.0 Å². The highest BCUT2D eigenvalue weighted by Crippen LogP contribution is 2.32. The van der Waals surface area contributed by atoms with Crippen LogP contribution in [0.1, 0.15) is 59.3 Å². The van der Waals surface area contributed by atoms with Crippen molar-refractivity contribution in [2.45, 2.75) is 77.5 Å². The Morgan fingerprint density at radius 3 is 2.60 bits per heavy atom. The molecule has 2 N–H and O–H groups in total. The SMILES string of the molecule is CCC(O)CC1CC(NCCC(C)C)CN(C2CC2)C1. The van der Waals surface area contributed by atoms with E-state index in [-0.39, 0.29) is 6.10 Å². The minimum Gasteiger partial charge on any atom is -0.393 e. The van der Waals surface area contributed by atoms with E-state index in [1.807, 2.05) is 0 Å². The normalized spacial score (nSPS) is 29.9. The largest absolute Gasteiger partial charge is 0.393 e. The number of aliphatic hydroxyl groups excluding tert-OH is 1. The van der Waals surface area contributed by atoms with Gasteiger partial charge in [-0.3, -0.25) is 4.90 Å². The predicted octanol–water partition coefficient (Wildman–Crippen LogP) is 2.64. The van der Waals surface area contributed by atoms with Crippen molar-refractivity contribution < 1.29 is 5.11 Å². The van der Waals surface area contributed by atoms with E-state index in [4.69, 9.17) is 0 Å². The monoisotopic (exact) mass is 282 g/mol. The maximum absolute atomic E-state index is 9.95. The second-order valence-corrected chi connectivity index (χ2v) is 7.42. The molecule has 1 saturated heterocycles. The Kier molecular flexibility index (Phi) is 6.31. The van der Waals surface area contributed by atoms with Crippen LogP contribution in [0.15, 0.2) is 0 Å². The van der Waals surface area contributed by atoms with Crippen LogP contribution in [0, 0.1) is 11.8 Å². The average molecular weight is 282 g/mol. The highest BCUT2D eigenvalue weighted by atomic mass is 16.3. The minimum atomic E-state index is -0.101. The van der Waals surface area contributed by atoms with Gasteiger partial charge in [0, 0.05) is 25.2 Å². The van der Waals surface area contributed by atoms with Gasteiger partial charge in [-0.2, -0.15) is 0 Å². The molecular weight excluding hydrogens is 248 g/mol. The van der Waals surface area contributed by atoms with Crippen LogP contribution in [0.2, 0.25) is 0 Å². The zero-order valence-corrected chi connectivity index (χ0v) is 13.6. The first kappa shape index (κ1) is 16.3. The van der Waals surface area contributed by atoms with Gasteiger partial charge >= 0.3 is 0 Å². The van der Waals surface area contributed by atoms with Crippen molar-refractivity contribution in [3.63, 3.8) is 0 Å². The number of likely N-dealkylation sites (tertiary alicyclic amines) is 1. The zero-order chi connectivity index (χ0) is 14.5. The summed E-state index contributed by atoms with van der Waals surface area (Å²) in [6.07, 6.45) is 7.08. The topological polar surface area (TPSA) is 35.5 Å². The lowest BCUT2D eigenvalue weighted by molar-refractivity contribution is 0.0801. The number of nitrogens with one attached hydrogen (secondary N) is 1. The highest BCUT2D eigenvalue weighted by Gasteiger charge is 2.36. The Balaban J connectivity index is 1.80. The van der Waals surface area contributed by atoms with Gasteiger partial charge in [0.1, 0.15) is 0 Å². The molecular formula is C17H34N2O. The fraction of sp³-hybridized carbons (Fsp3) is 1.00. The lowest BCUT2D eigenvalue weighted by Gasteiger charge is -2.39. The van der Waals surface area contributed by atoms with Crippen molar-refractivity contribution >= 4 is 0 Å². The molecule has 3 atom stereocenters. The lowest BCUT2D eigenvalue weighted by atomic mass is 9.88. The van der Waals surface area contributed by atoms with Crippen LogP contribution in [0.25, 0.3) is 0 Å². The summed E-state index contributed by atoms with van der Waals surface area (Å²) in [7, 11) is 0. The second kappa shape index (κ2) is 7.77. The molecule has 20 heavy (non-hydrogen) atoms. The van der Waals surface area contributed by atoms with Crippen molar-refractivity contribution in [2.24, 2.45) is 11.8 Å². The summed E-state index contributed by atoms with van der Waals surface area (Å²) in [5.74, 6) is 1.46. The summed E-state index contributed by atoms with van der Waals surface area (Å²) in [6, 6.07) is 1.49. The summed E-state index contributed by atoms with van der Waals surface area (Å²) >= 11 is 0. The van der Waals surface area contributed by atoms with Crippen LogP contribution in [-0.2, 0) is 0 Å². The zero-order valence-electron chi connectivity index (χ0n) is 13.6. The van der Waals surface area contributed by atoms with Crippen LogP contribution < -0.4 is 5.32 Å². The highest BCUT2D eigenvalue weighted by molar-refractivity contribution is 4.92. The number of rotatable bonds is 8. The summed E-state index contributed by atoms with van der Waals surface area (Å²) in [4.78, 5) is 2.68. The number of hydrogen-bond donors (Lipinski definition) is 2. The predicted molar refractivity (Wildman–Crippen MR) is 84.9 cm³/mol. The molecule has 1 aliphatic carbocycles. The van der Waals surface area contributed by atoms with Gasteiger partial charge in [-0.15, -0.1) is 0 Å². The smallest absolute Gasteiger partial charge is 0.0540 e. The molecule has 0 aromatic rings. The third-order valence-electron chi connectivity index (χ3n) is 4.86. The molecule has 2 rings (SSSR count). The Labute approximate surface area is 125 Å².